The van der Waals surface area contributed by atoms with Gasteiger partial charge in [0.25, 0.3) is 11.8 Å². The van der Waals surface area contributed by atoms with Gasteiger partial charge < -0.3 is 25.4 Å². The molecule has 3 amide bonds. The lowest BCUT2D eigenvalue weighted by molar-refractivity contribution is -0.137. The zero-order valence-electron chi connectivity index (χ0n) is 18.3. The smallest absolute Gasteiger partial charge is 0.408 e. The molecule has 8 nitrogen and oxygen atoms in total. The highest BCUT2D eigenvalue weighted by Gasteiger charge is 2.51. The molecule has 0 aromatic heterocycles. The van der Waals surface area contributed by atoms with Gasteiger partial charge in [-0.25, -0.2) is 13.6 Å². The number of nitrogens with zero attached hydrogens (tertiary/aromatic N) is 1. The van der Waals surface area contributed by atoms with Crippen LogP contribution in [0.2, 0.25) is 0 Å². The van der Waals surface area contributed by atoms with Crippen molar-refractivity contribution in [3.8, 4) is 0 Å². The molecule has 172 valence electrons. The van der Waals surface area contributed by atoms with Crippen molar-refractivity contribution in [1.82, 2.24) is 10.2 Å². The van der Waals surface area contributed by atoms with Crippen LogP contribution in [-0.2, 0) is 14.3 Å². The van der Waals surface area contributed by atoms with E-state index in [1.54, 1.807) is 52.8 Å². The Morgan fingerprint density at radius 3 is 2.39 bits per heavy atom. The summed E-state index contributed by atoms with van der Waals surface area (Å²) in [5, 5.41) is 15.3. The second-order valence-electron chi connectivity index (χ2n) is 8.71. The molecule has 0 radical (unpaired) electrons. The summed E-state index contributed by atoms with van der Waals surface area (Å²) in [6.07, 6.45) is -3.62. The highest BCUT2D eigenvalue weighted by molar-refractivity contribution is 5.96. The minimum atomic E-state index is -3.27. The Balaban J connectivity index is 2.09. The van der Waals surface area contributed by atoms with Gasteiger partial charge in [-0.05, 0) is 45.7 Å². The normalized spacial score (nSPS) is 19.0. The van der Waals surface area contributed by atoms with Gasteiger partial charge in [0.15, 0.2) is 6.10 Å². The maximum Gasteiger partial charge on any atom is 0.408 e. The lowest BCUT2D eigenvalue weighted by atomic mass is 10.0. The van der Waals surface area contributed by atoms with Crippen LogP contribution in [0.1, 0.15) is 38.3 Å². The number of aliphatic hydroxyl groups excluding tert-OH is 1. The van der Waals surface area contributed by atoms with Crippen molar-refractivity contribution in [2.75, 3.05) is 18.4 Å². The standard InChI is InChI=1S/C21H29F2N3O5/c1-12-7-6-8-13(2)16(12)25-18(29)17(28)14-9-21(22,23)11-26(14)15(27)10-24-19(30)31-20(3,4)5/h6-8,14,17,28H,9-11H2,1-5H3,(H,24,30)(H,25,29)/t14-,17?/m0/s1. The number of benzene rings is 1. The first-order chi connectivity index (χ1) is 14.2. The van der Waals surface area contributed by atoms with Crippen LogP contribution in [0.15, 0.2) is 18.2 Å². The van der Waals surface area contributed by atoms with Crippen molar-refractivity contribution in [2.24, 2.45) is 0 Å². The number of halogens is 2. The number of alkyl carbamates (subject to hydrolysis) is 1. The Kier molecular flexibility index (Phi) is 7.25. The number of hydrogen-bond acceptors (Lipinski definition) is 5. The number of carbonyl (C=O) groups is 3. The Labute approximate surface area is 179 Å². The van der Waals surface area contributed by atoms with E-state index in [4.69, 9.17) is 4.74 Å². The van der Waals surface area contributed by atoms with E-state index in [2.05, 4.69) is 10.6 Å². The van der Waals surface area contributed by atoms with E-state index in [0.29, 0.717) is 5.69 Å². The second kappa shape index (κ2) is 9.17. The number of aliphatic hydroxyl groups is 1. The summed E-state index contributed by atoms with van der Waals surface area (Å²) >= 11 is 0. The van der Waals surface area contributed by atoms with Gasteiger partial charge in [-0.3, -0.25) is 9.59 Å². The van der Waals surface area contributed by atoms with E-state index in [0.717, 1.165) is 16.0 Å². The first-order valence-corrected chi connectivity index (χ1v) is 9.89. The molecule has 1 saturated heterocycles. The van der Waals surface area contributed by atoms with Crippen molar-refractivity contribution >= 4 is 23.6 Å². The van der Waals surface area contributed by atoms with Gasteiger partial charge in [0, 0.05) is 12.1 Å². The predicted octanol–water partition coefficient (Wildman–Crippen LogP) is 2.36. The fraction of sp³-hybridized carbons (Fsp3) is 0.571. The summed E-state index contributed by atoms with van der Waals surface area (Å²) in [5.41, 5.74) is 1.16. The molecule has 1 aliphatic rings. The van der Waals surface area contributed by atoms with Crippen LogP contribution in [0.25, 0.3) is 0 Å². The molecule has 31 heavy (non-hydrogen) atoms. The van der Waals surface area contributed by atoms with E-state index in [9.17, 15) is 28.3 Å². The molecule has 0 spiro atoms. The van der Waals surface area contributed by atoms with Crippen molar-refractivity contribution in [3.05, 3.63) is 29.3 Å². The average molecular weight is 441 g/mol. The number of rotatable bonds is 5. The Bertz CT molecular complexity index is 834. The number of likely N-dealkylation sites (tertiary alicyclic amines) is 1. The molecule has 1 fully saturated rings. The summed E-state index contributed by atoms with van der Waals surface area (Å²) in [6, 6.07) is 3.88. The summed E-state index contributed by atoms with van der Waals surface area (Å²) in [7, 11) is 0. The Morgan fingerprint density at radius 2 is 1.84 bits per heavy atom. The summed E-state index contributed by atoms with van der Waals surface area (Å²) in [5.74, 6) is -5.02. The first kappa shape index (κ1) is 24.5. The minimum Gasteiger partial charge on any atom is -0.444 e. The molecule has 0 bridgehead atoms. The molecule has 2 atom stereocenters. The third kappa shape index (κ3) is 6.61. The molecule has 1 unspecified atom stereocenters. The van der Waals surface area contributed by atoms with Gasteiger partial charge in [0.05, 0.1) is 12.6 Å². The first-order valence-electron chi connectivity index (χ1n) is 9.89. The highest BCUT2D eigenvalue weighted by Crippen LogP contribution is 2.34. The van der Waals surface area contributed by atoms with Gasteiger partial charge >= 0.3 is 6.09 Å². The number of alkyl halides is 2. The van der Waals surface area contributed by atoms with E-state index in [-0.39, 0.29) is 0 Å². The van der Waals surface area contributed by atoms with Crippen LogP contribution in [-0.4, -0.2) is 64.7 Å². The lowest BCUT2D eigenvalue weighted by Gasteiger charge is -2.28. The van der Waals surface area contributed by atoms with Gasteiger partial charge in [-0.2, -0.15) is 0 Å². The van der Waals surface area contributed by atoms with E-state index >= 15 is 0 Å². The fourth-order valence-electron chi connectivity index (χ4n) is 3.35. The molecule has 1 aromatic rings. The Hall–Kier alpha value is -2.75. The number of para-hydroxylation sites is 1. The van der Waals surface area contributed by atoms with E-state index in [1.165, 1.54) is 0 Å². The molecular weight excluding hydrogens is 412 g/mol. The highest BCUT2D eigenvalue weighted by atomic mass is 19.3. The maximum atomic E-state index is 14.1. The van der Waals surface area contributed by atoms with Crippen LogP contribution in [0.5, 0.6) is 0 Å². The third-order valence-corrected chi connectivity index (χ3v) is 4.78. The van der Waals surface area contributed by atoms with Gasteiger partial charge in [-0.1, -0.05) is 18.2 Å². The fourth-order valence-corrected chi connectivity index (χ4v) is 3.35. The lowest BCUT2D eigenvalue weighted by Crippen LogP contribution is -2.50. The predicted molar refractivity (Wildman–Crippen MR) is 110 cm³/mol. The number of hydrogen-bond donors (Lipinski definition) is 3. The van der Waals surface area contributed by atoms with Crippen LogP contribution in [0.3, 0.4) is 0 Å². The Morgan fingerprint density at radius 1 is 1.26 bits per heavy atom. The minimum absolute atomic E-state index is 0.473. The van der Waals surface area contributed by atoms with Crippen molar-refractivity contribution in [3.63, 3.8) is 0 Å². The van der Waals surface area contributed by atoms with Crippen LogP contribution >= 0.6 is 0 Å². The number of nitrogens with one attached hydrogen (secondary N) is 2. The summed E-state index contributed by atoms with van der Waals surface area (Å²) in [4.78, 5) is 37.5. The maximum absolute atomic E-state index is 14.1. The largest absolute Gasteiger partial charge is 0.444 e. The van der Waals surface area contributed by atoms with Crippen molar-refractivity contribution in [1.29, 1.82) is 0 Å². The zero-order chi connectivity index (χ0) is 23.6. The number of aryl methyl sites for hydroxylation is 2. The van der Waals surface area contributed by atoms with Crippen LogP contribution < -0.4 is 10.6 Å². The summed E-state index contributed by atoms with van der Waals surface area (Å²) < 4.78 is 33.1. The number of carbonyl (C=O) groups excluding carboxylic acids is 3. The third-order valence-electron chi connectivity index (χ3n) is 4.78. The number of ether oxygens (including phenoxy) is 1. The van der Waals surface area contributed by atoms with Gasteiger partial charge in [0.1, 0.15) is 12.1 Å². The molecule has 1 aliphatic heterocycles. The van der Waals surface area contributed by atoms with Crippen molar-refractivity contribution < 1.29 is 33.0 Å². The molecule has 1 heterocycles. The van der Waals surface area contributed by atoms with Gasteiger partial charge in [-0.15, -0.1) is 0 Å². The number of anilines is 1. The van der Waals surface area contributed by atoms with E-state index in [1.807, 2.05) is 0 Å². The molecule has 2 rings (SSSR count). The number of amides is 3. The van der Waals surface area contributed by atoms with E-state index < -0.39 is 61.1 Å². The van der Waals surface area contributed by atoms with Crippen LogP contribution in [0, 0.1) is 13.8 Å². The monoisotopic (exact) mass is 441 g/mol. The zero-order valence-corrected chi connectivity index (χ0v) is 18.3. The quantitative estimate of drug-likeness (QED) is 0.650. The second-order valence-corrected chi connectivity index (χ2v) is 8.71. The molecule has 0 aliphatic carbocycles. The SMILES string of the molecule is Cc1cccc(C)c1NC(=O)C(O)[C@@H]1CC(F)(F)CN1C(=O)CNC(=O)OC(C)(C)C. The average Bonchev–Trinajstić information content (AvgIpc) is 2.96. The van der Waals surface area contributed by atoms with Crippen molar-refractivity contribution in [2.45, 2.75) is 64.7 Å². The summed E-state index contributed by atoms with van der Waals surface area (Å²) in [6.45, 7) is 6.87. The molecule has 0 saturated carbocycles. The molecule has 1 aromatic carbocycles. The topological polar surface area (TPSA) is 108 Å². The molecular formula is C21H29F2N3O5. The molecule has 3 N–H and O–H groups in total. The van der Waals surface area contributed by atoms with Crippen LogP contribution in [0.4, 0.5) is 19.3 Å². The van der Waals surface area contributed by atoms with Gasteiger partial charge in [0.2, 0.25) is 5.91 Å². The molecule has 10 heteroatoms.